The lowest BCUT2D eigenvalue weighted by atomic mass is 10.3. The van der Waals surface area contributed by atoms with Crippen LogP contribution in [-0.4, -0.2) is 11.4 Å². The largest absolute Gasteiger partial charge is 0.421 e. The number of nitrogens with zero attached hydrogens (tertiary/aromatic N) is 1. The molecule has 5 nitrogen and oxygen atoms in total. The molecule has 0 fully saturated rings. The van der Waals surface area contributed by atoms with Crippen LogP contribution in [0.4, 0.5) is 5.69 Å². The van der Waals surface area contributed by atoms with Gasteiger partial charge in [-0.05, 0) is 12.1 Å². The van der Waals surface area contributed by atoms with Crippen LogP contribution in [0.2, 0.25) is 5.02 Å². The lowest BCUT2D eigenvalue weighted by Crippen LogP contribution is -1.96. The number of nitro benzene ring substituents is 1. The minimum absolute atomic E-state index is 0.0654. The second kappa shape index (κ2) is 3.86. The van der Waals surface area contributed by atoms with Crippen LogP contribution >= 0.6 is 11.6 Å². The second-order valence-electron chi connectivity index (χ2n) is 2.06. The van der Waals surface area contributed by atoms with Crippen LogP contribution in [-0.2, 0) is 4.79 Å². The molecular formula is C7H4ClNO4. The van der Waals surface area contributed by atoms with Crippen LogP contribution in [0.5, 0.6) is 5.75 Å². The fraction of sp³-hybridized carbons (Fsp3) is 0. The van der Waals surface area contributed by atoms with Crippen molar-refractivity contribution in [3.05, 3.63) is 33.3 Å². The zero-order valence-corrected chi connectivity index (χ0v) is 7.02. The summed E-state index contributed by atoms with van der Waals surface area (Å²) in [6.45, 7) is 0.110. The highest BCUT2D eigenvalue weighted by Gasteiger charge is 2.19. The number of carbonyl (C=O) groups excluding carboxylic acids is 1. The van der Waals surface area contributed by atoms with Gasteiger partial charge in [0.15, 0.2) is 0 Å². The SMILES string of the molecule is O=COc1cccc(Cl)c1[N+](=O)[O-]. The lowest BCUT2D eigenvalue weighted by Gasteiger charge is -1.99. The summed E-state index contributed by atoms with van der Waals surface area (Å²) < 4.78 is 4.37. The monoisotopic (exact) mass is 201 g/mol. The first-order chi connectivity index (χ1) is 6.16. The Morgan fingerprint density at radius 2 is 2.23 bits per heavy atom. The molecule has 1 rings (SSSR count). The van der Waals surface area contributed by atoms with E-state index in [1.807, 2.05) is 0 Å². The van der Waals surface area contributed by atoms with Gasteiger partial charge < -0.3 is 4.74 Å². The molecule has 0 aliphatic carbocycles. The van der Waals surface area contributed by atoms with Crippen LogP contribution in [0.25, 0.3) is 0 Å². The maximum atomic E-state index is 10.4. The molecule has 6 heteroatoms. The molecule has 1 aromatic carbocycles. The van der Waals surface area contributed by atoms with Gasteiger partial charge in [0.25, 0.3) is 6.47 Å². The highest BCUT2D eigenvalue weighted by molar-refractivity contribution is 6.33. The van der Waals surface area contributed by atoms with E-state index >= 15 is 0 Å². The third kappa shape index (κ3) is 1.94. The molecule has 0 unspecified atom stereocenters. The minimum Gasteiger partial charge on any atom is -0.421 e. The molecule has 0 aliphatic heterocycles. The molecule has 0 heterocycles. The highest BCUT2D eigenvalue weighted by Crippen LogP contribution is 2.33. The van der Waals surface area contributed by atoms with Crippen molar-refractivity contribution in [3.63, 3.8) is 0 Å². The van der Waals surface area contributed by atoms with Gasteiger partial charge in [-0.1, -0.05) is 17.7 Å². The van der Waals surface area contributed by atoms with E-state index < -0.39 is 10.6 Å². The van der Waals surface area contributed by atoms with Crippen molar-refractivity contribution in [1.29, 1.82) is 0 Å². The van der Waals surface area contributed by atoms with Gasteiger partial charge in [0, 0.05) is 0 Å². The Bertz CT molecular complexity index is 352. The zero-order valence-electron chi connectivity index (χ0n) is 6.27. The van der Waals surface area contributed by atoms with E-state index in [0.29, 0.717) is 0 Å². The molecule has 13 heavy (non-hydrogen) atoms. The Kier molecular flexibility index (Phi) is 2.81. The van der Waals surface area contributed by atoms with E-state index in [0.717, 1.165) is 0 Å². The van der Waals surface area contributed by atoms with Gasteiger partial charge in [-0.3, -0.25) is 14.9 Å². The van der Waals surface area contributed by atoms with Crippen molar-refractivity contribution in [3.8, 4) is 5.75 Å². The van der Waals surface area contributed by atoms with Crippen molar-refractivity contribution < 1.29 is 14.5 Å². The summed E-state index contributed by atoms with van der Waals surface area (Å²) in [4.78, 5) is 19.7. The molecule has 0 aromatic heterocycles. The Labute approximate surface area is 78.0 Å². The standard InChI is InChI=1S/C7H4ClNO4/c8-5-2-1-3-6(13-4-10)7(5)9(11)12/h1-4H. The van der Waals surface area contributed by atoms with Crippen molar-refractivity contribution in [1.82, 2.24) is 0 Å². The van der Waals surface area contributed by atoms with Gasteiger partial charge in [-0.2, -0.15) is 0 Å². The number of rotatable bonds is 3. The van der Waals surface area contributed by atoms with Gasteiger partial charge in [-0.25, -0.2) is 0 Å². The second-order valence-corrected chi connectivity index (χ2v) is 2.46. The third-order valence-electron chi connectivity index (χ3n) is 1.31. The predicted octanol–water partition coefficient (Wildman–Crippen LogP) is 1.78. The first kappa shape index (κ1) is 9.47. The summed E-state index contributed by atoms with van der Waals surface area (Å²) in [7, 11) is 0. The number of carbonyl (C=O) groups is 1. The first-order valence-electron chi connectivity index (χ1n) is 3.20. The van der Waals surface area contributed by atoms with E-state index in [1.54, 1.807) is 0 Å². The van der Waals surface area contributed by atoms with E-state index in [4.69, 9.17) is 11.6 Å². The summed E-state index contributed by atoms with van der Waals surface area (Å²) in [5.41, 5.74) is -0.406. The van der Waals surface area contributed by atoms with Crippen LogP contribution < -0.4 is 4.74 Å². The van der Waals surface area contributed by atoms with Crippen LogP contribution in [0.15, 0.2) is 18.2 Å². The molecule has 0 saturated heterocycles. The van der Waals surface area contributed by atoms with E-state index in [2.05, 4.69) is 4.74 Å². The summed E-state index contributed by atoms with van der Waals surface area (Å²) in [6.07, 6.45) is 0. The molecule has 0 amide bonds. The molecule has 68 valence electrons. The Hall–Kier alpha value is -1.62. The van der Waals surface area contributed by atoms with Crippen molar-refractivity contribution in [2.24, 2.45) is 0 Å². The molecule has 0 saturated carbocycles. The van der Waals surface area contributed by atoms with Crippen LogP contribution in [0.1, 0.15) is 0 Å². The van der Waals surface area contributed by atoms with E-state index in [-0.39, 0.29) is 17.2 Å². The maximum absolute atomic E-state index is 10.4. The van der Waals surface area contributed by atoms with E-state index in [9.17, 15) is 14.9 Å². The Morgan fingerprint density at radius 1 is 1.54 bits per heavy atom. The molecule has 0 radical (unpaired) electrons. The van der Waals surface area contributed by atoms with Crippen LogP contribution in [0, 0.1) is 10.1 Å². The Balaban J connectivity index is 3.25. The molecule has 0 aliphatic rings. The third-order valence-corrected chi connectivity index (χ3v) is 1.61. The number of hydrogen-bond acceptors (Lipinski definition) is 4. The number of benzene rings is 1. The number of halogens is 1. The Morgan fingerprint density at radius 3 is 2.77 bits per heavy atom. The molecule has 0 atom stereocenters. The average Bonchev–Trinajstić information content (AvgIpc) is 2.04. The number of hydrogen-bond donors (Lipinski definition) is 0. The molecule has 1 aromatic rings. The quantitative estimate of drug-likeness (QED) is 0.425. The maximum Gasteiger partial charge on any atom is 0.330 e. The van der Waals surface area contributed by atoms with Crippen LogP contribution in [0.3, 0.4) is 0 Å². The summed E-state index contributed by atoms with van der Waals surface area (Å²) in [5, 5.41) is 10.4. The summed E-state index contributed by atoms with van der Waals surface area (Å²) >= 11 is 5.52. The molecule has 0 bridgehead atoms. The van der Waals surface area contributed by atoms with E-state index in [1.165, 1.54) is 18.2 Å². The number of ether oxygens (including phenoxy) is 1. The number of para-hydroxylation sites is 1. The van der Waals surface area contributed by atoms with Gasteiger partial charge in [-0.15, -0.1) is 0 Å². The molecule has 0 N–H and O–H groups in total. The van der Waals surface area contributed by atoms with Gasteiger partial charge in [0.1, 0.15) is 5.02 Å². The lowest BCUT2D eigenvalue weighted by molar-refractivity contribution is -0.385. The topological polar surface area (TPSA) is 69.4 Å². The van der Waals surface area contributed by atoms with Crippen molar-refractivity contribution in [2.75, 3.05) is 0 Å². The fourth-order valence-corrected chi connectivity index (χ4v) is 1.05. The summed E-state index contributed by atoms with van der Waals surface area (Å²) in [6, 6.07) is 4.09. The minimum atomic E-state index is -0.707. The van der Waals surface area contributed by atoms with Gasteiger partial charge in [0.05, 0.1) is 4.92 Å². The number of nitro groups is 1. The summed E-state index contributed by atoms with van der Waals surface area (Å²) in [5.74, 6) is -0.160. The highest BCUT2D eigenvalue weighted by atomic mass is 35.5. The normalized spacial score (nSPS) is 9.31. The predicted molar refractivity (Wildman–Crippen MR) is 44.8 cm³/mol. The molecular weight excluding hydrogens is 198 g/mol. The van der Waals surface area contributed by atoms with Gasteiger partial charge >= 0.3 is 5.69 Å². The van der Waals surface area contributed by atoms with Crippen molar-refractivity contribution in [2.45, 2.75) is 0 Å². The average molecular weight is 202 g/mol. The molecule has 0 spiro atoms. The van der Waals surface area contributed by atoms with Crippen molar-refractivity contribution >= 4 is 23.8 Å². The fourth-order valence-electron chi connectivity index (χ4n) is 0.820. The first-order valence-corrected chi connectivity index (χ1v) is 3.58. The smallest absolute Gasteiger partial charge is 0.330 e. The zero-order chi connectivity index (χ0) is 9.84. The van der Waals surface area contributed by atoms with Gasteiger partial charge in [0.2, 0.25) is 5.75 Å².